The third kappa shape index (κ3) is 6.96. The fourth-order valence-electron chi connectivity index (χ4n) is 4.06. The molecule has 0 radical (unpaired) electrons. The van der Waals surface area contributed by atoms with Crippen molar-refractivity contribution in [2.24, 2.45) is 0 Å². The number of H-pyrrole nitrogens is 1. The van der Waals surface area contributed by atoms with Crippen LogP contribution < -0.4 is 15.6 Å². The van der Waals surface area contributed by atoms with Gasteiger partial charge in [0.05, 0.1) is 32.2 Å². The molecule has 1 aliphatic rings. The molecule has 0 aromatic carbocycles. The summed E-state index contributed by atoms with van der Waals surface area (Å²) in [5.41, 5.74) is 2.57. The Morgan fingerprint density at radius 1 is 1.20 bits per heavy atom. The number of pyridine rings is 1. The second-order valence-corrected chi connectivity index (χ2v) is 9.76. The minimum absolute atomic E-state index is 0.0356. The largest absolute Gasteiger partial charge is 0.496 e. The van der Waals surface area contributed by atoms with Gasteiger partial charge < -0.3 is 19.1 Å². The molecule has 40 heavy (non-hydrogen) atoms. The Balaban J connectivity index is 0.00000216. The van der Waals surface area contributed by atoms with Gasteiger partial charge in [0.2, 0.25) is 5.95 Å². The third-order valence-corrected chi connectivity index (χ3v) is 5.85. The predicted octanol–water partition coefficient (Wildman–Crippen LogP) is 4.11. The second kappa shape index (κ2) is 12.6. The van der Waals surface area contributed by atoms with Crippen molar-refractivity contribution in [1.82, 2.24) is 29.6 Å². The van der Waals surface area contributed by atoms with Gasteiger partial charge in [-0.1, -0.05) is 19.9 Å². The topological polar surface area (TPSA) is 154 Å². The fourth-order valence-corrected chi connectivity index (χ4v) is 4.06. The molecule has 216 valence electrons. The summed E-state index contributed by atoms with van der Waals surface area (Å²) in [5.74, 6) is 0.548. The Morgan fingerprint density at radius 2 is 1.93 bits per heavy atom. The lowest BCUT2D eigenvalue weighted by Crippen LogP contribution is -2.39. The van der Waals surface area contributed by atoms with E-state index in [4.69, 9.17) is 9.47 Å². The number of aromatic amines is 1. The van der Waals surface area contributed by atoms with Crippen LogP contribution >= 0.6 is 0 Å². The highest BCUT2D eigenvalue weighted by Crippen LogP contribution is 2.28. The summed E-state index contributed by atoms with van der Waals surface area (Å²) in [6.45, 7) is 12.4. The van der Waals surface area contributed by atoms with E-state index >= 15 is 0 Å². The van der Waals surface area contributed by atoms with Crippen molar-refractivity contribution in [2.75, 3.05) is 32.6 Å². The van der Waals surface area contributed by atoms with Crippen LogP contribution in [-0.2, 0) is 16.0 Å². The normalized spacial score (nSPS) is 13.2. The first-order valence-electron chi connectivity index (χ1n) is 13.0. The van der Waals surface area contributed by atoms with Gasteiger partial charge in [-0.25, -0.2) is 14.6 Å². The van der Waals surface area contributed by atoms with Crippen molar-refractivity contribution >= 4 is 34.7 Å². The molecule has 3 aromatic heterocycles. The number of nitrogens with zero attached hydrogens (tertiary/aromatic N) is 5. The van der Waals surface area contributed by atoms with E-state index in [9.17, 15) is 14.4 Å². The Labute approximate surface area is 232 Å². The van der Waals surface area contributed by atoms with Crippen LogP contribution in [0.25, 0.3) is 16.6 Å². The SMILES string of the molecule is CC.COC(=O)Nc1nc2c(C)nn(Cc3cnc(C4=CCN(C(=O)OC(C)(C)C)CC4)cc3OC)c2c(=O)[nH]1. The molecule has 2 amide bonds. The number of fused-ring (bicyclic) bond motifs is 1. The van der Waals surface area contributed by atoms with Crippen molar-refractivity contribution in [2.45, 2.75) is 60.1 Å². The van der Waals surface area contributed by atoms with Gasteiger partial charge in [-0.05, 0) is 39.7 Å². The molecule has 0 bridgehead atoms. The zero-order valence-electron chi connectivity index (χ0n) is 24.2. The maximum Gasteiger partial charge on any atom is 0.413 e. The number of ether oxygens (including phenoxy) is 3. The van der Waals surface area contributed by atoms with Gasteiger partial charge in [0, 0.05) is 30.9 Å². The average molecular weight is 556 g/mol. The van der Waals surface area contributed by atoms with E-state index < -0.39 is 17.3 Å². The van der Waals surface area contributed by atoms with Crippen molar-refractivity contribution in [1.29, 1.82) is 0 Å². The van der Waals surface area contributed by atoms with E-state index in [-0.39, 0.29) is 24.1 Å². The van der Waals surface area contributed by atoms with Crippen molar-refractivity contribution in [3.05, 3.63) is 45.6 Å². The first kappa shape index (κ1) is 30.1. The Hall–Kier alpha value is -4.42. The van der Waals surface area contributed by atoms with E-state index in [2.05, 4.69) is 30.1 Å². The summed E-state index contributed by atoms with van der Waals surface area (Å²) in [5, 5.41) is 6.83. The smallest absolute Gasteiger partial charge is 0.413 e. The highest BCUT2D eigenvalue weighted by molar-refractivity contribution is 5.84. The number of nitrogens with one attached hydrogen (secondary N) is 2. The molecule has 0 fully saturated rings. The standard InChI is InChI=1S/C25H31N7O6.C2H6/c1-14-19-20(21(33)28-22(27-19)29-23(34)37-6)32(30-14)13-16-12-26-17(11-18(16)36-5)15-7-9-31(10-8-15)24(35)38-25(2,3)4;1-2/h7,11-12H,8-10,13H2,1-6H3,(H2,27,28,29,33,34);1-2H3. The molecule has 4 rings (SSSR count). The van der Waals surface area contributed by atoms with Crippen LogP contribution in [0.5, 0.6) is 5.75 Å². The zero-order valence-corrected chi connectivity index (χ0v) is 24.2. The molecule has 1 aliphatic heterocycles. The summed E-state index contributed by atoms with van der Waals surface area (Å²) in [4.78, 5) is 49.8. The monoisotopic (exact) mass is 555 g/mol. The van der Waals surface area contributed by atoms with E-state index in [0.717, 1.165) is 11.3 Å². The zero-order chi connectivity index (χ0) is 29.6. The number of carbonyl (C=O) groups excluding carboxylic acids is 2. The molecular weight excluding hydrogens is 518 g/mol. The van der Waals surface area contributed by atoms with Crippen LogP contribution in [0.15, 0.2) is 23.1 Å². The first-order valence-corrected chi connectivity index (χ1v) is 13.0. The Kier molecular flexibility index (Phi) is 9.51. The van der Waals surface area contributed by atoms with Crippen molar-refractivity contribution in [3.63, 3.8) is 0 Å². The Bertz CT molecular complexity index is 1470. The van der Waals surface area contributed by atoms with Gasteiger partial charge in [0.1, 0.15) is 16.9 Å². The molecule has 13 heteroatoms. The van der Waals surface area contributed by atoms with Gasteiger partial charge in [-0.2, -0.15) is 5.10 Å². The quantitative estimate of drug-likeness (QED) is 0.473. The van der Waals surface area contributed by atoms with E-state index in [1.165, 1.54) is 11.8 Å². The molecular formula is C27H37N7O6. The van der Waals surface area contributed by atoms with Crippen LogP contribution in [0.3, 0.4) is 0 Å². The molecule has 4 heterocycles. The maximum atomic E-state index is 12.8. The summed E-state index contributed by atoms with van der Waals surface area (Å²) < 4.78 is 17.2. The number of rotatable bonds is 5. The molecule has 2 N–H and O–H groups in total. The van der Waals surface area contributed by atoms with Gasteiger partial charge in [-0.15, -0.1) is 0 Å². The van der Waals surface area contributed by atoms with E-state index in [1.807, 2.05) is 46.8 Å². The highest BCUT2D eigenvalue weighted by Gasteiger charge is 2.25. The van der Waals surface area contributed by atoms with Gasteiger partial charge in [-0.3, -0.25) is 24.8 Å². The second-order valence-electron chi connectivity index (χ2n) is 9.76. The van der Waals surface area contributed by atoms with Crippen LogP contribution in [0, 0.1) is 6.92 Å². The summed E-state index contributed by atoms with van der Waals surface area (Å²) in [7, 11) is 2.78. The minimum atomic E-state index is -0.751. The van der Waals surface area contributed by atoms with Crippen LogP contribution in [0.2, 0.25) is 0 Å². The Morgan fingerprint density at radius 3 is 2.52 bits per heavy atom. The summed E-state index contributed by atoms with van der Waals surface area (Å²) in [6.07, 6.45) is 3.19. The van der Waals surface area contributed by atoms with Crippen LogP contribution in [0.1, 0.15) is 58.0 Å². The van der Waals surface area contributed by atoms with Crippen molar-refractivity contribution < 1.29 is 23.8 Å². The third-order valence-electron chi connectivity index (χ3n) is 5.85. The molecule has 0 aliphatic carbocycles. The van der Waals surface area contributed by atoms with Gasteiger partial charge >= 0.3 is 12.2 Å². The number of anilines is 1. The molecule has 0 saturated carbocycles. The number of carbonyl (C=O) groups is 2. The van der Waals surface area contributed by atoms with Crippen LogP contribution in [-0.4, -0.2) is 74.7 Å². The average Bonchev–Trinajstić information content (AvgIpc) is 3.24. The molecule has 0 atom stereocenters. The molecule has 0 unspecified atom stereocenters. The molecule has 0 saturated heterocycles. The lowest BCUT2D eigenvalue weighted by atomic mass is 10.0. The minimum Gasteiger partial charge on any atom is -0.496 e. The lowest BCUT2D eigenvalue weighted by molar-refractivity contribution is 0.0270. The molecule has 0 spiro atoms. The highest BCUT2D eigenvalue weighted by atomic mass is 16.6. The summed E-state index contributed by atoms with van der Waals surface area (Å²) in [6, 6.07) is 1.84. The predicted molar refractivity (Wildman–Crippen MR) is 151 cm³/mol. The number of hydrogen-bond donors (Lipinski definition) is 2. The lowest BCUT2D eigenvalue weighted by Gasteiger charge is -2.29. The van der Waals surface area contributed by atoms with Crippen LogP contribution in [0.4, 0.5) is 15.5 Å². The molecule has 3 aromatic rings. The van der Waals surface area contributed by atoms with Gasteiger partial charge in [0.25, 0.3) is 5.56 Å². The number of aromatic nitrogens is 5. The maximum absolute atomic E-state index is 12.8. The molecule has 13 nitrogen and oxygen atoms in total. The van der Waals surface area contributed by atoms with Crippen molar-refractivity contribution in [3.8, 4) is 5.75 Å². The van der Waals surface area contributed by atoms with E-state index in [0.29, 0.717) is 42.0 Å². The fraction of sp³-hybridized carbons (Fsp3) is 0.481. The first-order chi connectivity index (χ1) is 19.0. The number of methoxy groups -OCH3 is 2. The number of hydrogen-bond acceptors (Lipinski definition) is 9. The number of amides is 2. The number of aryl methyl sites for hydroxylation is 1. The summed E-state index contributed by atoms with van der Waals surface area (Å²) >= 11 is 0. The van der Waals surface area contributed by atoms with Gasteiger partial charge in [0.15, 0.2) is 5.52 Å². The van der Waals surface area contributed by atoms with E-state index in [1.54, 1.807) is 25.1 Å².